The van der Waals surface area contributed by atoms with Gasteiger partial charge < -0.3 is 15.2 Å². The van der Waals surface area contributed by atoms with Gasteiger partial charge in [0.25, 0.3) is 5.91 Å². The van der Waals surface area contributed by atoms with Crippen molar-refractivity contribution in [1.29, 1.82) is 0 Å². The lowest BCUT2D eigenvalue weighted by Crippen LogP contribution is -2.45. The molecule has 1 aromatic heterocycles. The predicted molar refractivity (Wildman–Crippen MR) is 102 cm³/mol. The monoisotopic (exact) mass is 353 g/mol. The maximum atomic E-state index is 12.9. The molecular weight excluding hydrogens is 326 g/mol. The van der Waals surface area contributed by atoms with Crippen LogP contribution in [0.3, 0.4) is 0 Å². The van der Waals surface area contributed by atoms with Crippen molar-refractivity contribution >= 4 is 11.8 Å². The van der Waals surface area contributed by atoms with Crippen LogP contribution < -0.4 is 5.32 Å². The van der Waals surface area contributed by atoms with Crippen LogP contribution in [0.5, 0.6) is 0 Å². The number of amides is 2. The van der Waals surface area contributed by atoms with E-state index in [9.17, 15) is 9.59 Å². The second-order valence-electron chi connectivity index (χ2n) is 7.17. The second-order valence-corrected chi connectivity index (χ2v) is 7.17. The van der Waals surface area contributed by atoms with Crippen LogP contribution in [0.25, 0.3) is 0 Å². The summed E-state index contributed by atoms with van der Waals surface area (Å²) in [6.45, 7) is 7.69. The normalized spacial score (nSPS) is 17.2. The molecule has 2 aromatic rings. The van der Waals surface area contributed by atoms with Crippen molar-refractivity contribution in [2.75, 3.05) is 13.1 Å². The Morgan fingerprint density at radius 1 is 1.15 bits per heavy atom. The summed E-state index contributed by atoms with van der Waals surface area (Å²) in [6, 6.07) is 9.88. The van der Waals surface area contributed by atoms with E-state index in [-0.39, 0.29) is 17.7 Å². The molecule has 1 atom stereocenters. The van der Waals surface area contributed by atoms with Crippen LogP contribution in [-0.2, 0) is 11.3 Å². The molecule has 138 valence electrons. The predicted octanol–water partition coefficient (Wildman–Crippen LogP) is 3.11. The number of carbonyl (C=O) groups excluding carboxylic acids is 2. The molecule has 0 saturated carbocycles. The first-order valence-electron chi connectivity index (χ1n) is 9.24. The first-order valence-corrected chi connectivity index (χ1v) is 9.24. The molecule has 0 spiro atoms. The number of nitrogens with zero attached hydrogens (tertiary/aromatic N) is 1. The molecule has 0 radical (unpaired) electrons. The number of likely N-dealkylation sites (tertiary alicyclic amines) is 1. The van der Waals surface area contributed by atoms with Crippen LogP contribution in [0.15, 0.2) is 30.3 Å². The third kappa shape index (κ3) is 3.82. The van der Waals surface area contributed by atoms with E-state index in [1.54, 1.807) is 0 Å². The third-order valence-electron chi connectivity index (χ3n) is 5.42. The lowest BCUT2D eigenvalue weighted by Gasteiger charge is -2.32. The van der Waals surface area contributed by atoms with Gasteiger partial charge in [-0.25, -0.2) is 0 Å². The van der Waals surface area contributed by atoms with E-state index in [1.807, 2.05) is 56.0 Å². The number of benzene rings is 1. The van der Waals surface area contributed by atoms with Crippen LogP contribution in [0.2, 0.25) is 0 Å². The van der Waals surface area contributed by atoms with E-state index in [0.29, 0.717) is 25.3 Å². The number of aryl methyl sites for hydroxylation is 1. The van der Waals surface area contributed by atoms with Gasteiger partial charge in [-0.05, 0) is 50.3 Å². The Balaban J connectivity index is 1.62. The Hall–Kier alpha value is -2.56. The molecule has 1 fully saturated rings. The SMILES string of the molecule is Cc1[nH]c(C(=O)N2CCC[C@H](C(=O)NCc3ccccc3)C2)c(C)c1C. The highest BCUT2D eigenvalue weighted by Crippen LogP contribution is 2.22. The first-order chi connectivity index (χ1) is 12.5. The standard InChI is InChI=1S/C21H27N3O2/c1-14-15(2)19(23-16(14)3)21(26)24-11-7-10-18(13-24)20(25)22-12-17-8-5-4-6-9-17/h4-6,8-9,18,23H,7,10-13H2,1-3H3,(H,22,25)/t18-/m0/s1. The fourth-order valence-electron chi connectivity index (χ4n) is 3.52. The topological polar surface area (TPSA) is 65.2 Å². The lowest BCUT2D eigenvalue weighted by atomic mass is 9.96. The quantitative estimate of drug-likeness (QED) is 0.887. The highest BCUT2D eigenvalue weighted by atomic mass is 16.2. The number of hydrogen-bond donors (Lipinski definition) is 2. The third-order valence-corrected chi connectivity index (χ3v) is 5.42. The molecule has 1 aliphatic heterocycles. The number of hydrogen-bond acceptors (Lipinski definition) is 2. The zero-order valence-electron chi connectivity index (χ0n) is 15.8. The minimum atomic E-state index is -0.145. The second kappa shape index (κ2) is 7.77. The van der Waals surface area contributed by atoms with Gasteiger partial charge in [-0.15, -0.1) is 0 Å². The van der Waals surface area contributed by atoms with Gasteiger partial charge in [-0.2, -0.15) is 0 Å². The molecule has 1 saturated heterocycles. The maximum Gasteiger partial charge on any atom is 0.270 e. The number of rotatable bonds is 4. The van der Waals surface area contributed by atoms with Gasteiger partial charge >= 0.3 is 0 Å². The Morgan fingerprint density at radius 2 is 1.88 bits per heavy atom. The molecule has 2 heterocycles. The molecule has 1 aliphatic rings. The van der Waals surface area contributed by atoms with Crippen molar-refractivity contribution in [1.82, 2.24) is 15.2 Å². The molecule has 3 rings (SSSR count). The van der Waals surface area contributed by atoms with Gasteiger partial charge in [0.1, 0.15) is 5.69 Å². The highest BCUT2D eigenvalue weighted by Gasteiger charge is 2.30. The smallest absolute Gasteiger partial charge is 0.270 e. The minimum Gasteiger partial charge on any atom is -0.354 e. The fraction of sp³-hybridized carbons (Fsp3) is 0.429. The first kappa shape index (κ1) is 18.2. The molecule has 0 aliphatic carbocycles. The van der Waals surface area contributed by atoms with E-state index in [0.717, 1.165) is 35.2 Å². The van der Waals surface area contributed by atoms with Gasteiger partial charge in [0.15, 0.2) is 0 Å². The lowest BCUT2D eigenvalue weighted by molar-refractivity contribution is -0.126. The maximum absolute atomic E-state index is 12.9. The number of H-pyrrole nitrogens is 1. The van der Waals surface area contributed by atoms with Crippen LogP contribution in [0.4, 0.5) is 0 Å². The molecule has 2 N–H and O–H groups in total. The summed E-state index contributed by atoms with van der Waals surface area (Å²) in [7, 11) is 0. The number of nitrogens with one attached hydrogen (secondary N) is 2. The molecule has 5 heteroatoms. The summed E-state index contributed by atoms with van der Waals surface area (Å²) < 4.78 is 0. The highest BCUT2D eigenvalue weighted by molar-refractivity contribution is 5.95. The molecule has 26 heavy (non-hydrogen) atoms. The van der Waals surface area contributed by atoms with Crippen molar-refractivity contribution in [2.24, 2.45) is 5.92 Å². The summed E-state index contributed by atoms with van der Waals surface area (Å²) in [5.41, 5.74) is 4.90. The summed E-state index contributed by atoms with van der Waals surface area (Å²) in [6.07, 6.45) is 1.68. The summed E-state index contributed by atoms with van der Waals surface area (Å²) in [5.74, 6) is -0.116. The average molecular weight is 353 g/mol. The Morgan fingerprint density at radius 3 is 2.54 bits per heavy atom. The molecule has 0 unspecified atom stereocenters. The van der Waals surface area contributed by atoms with Crippen molar-refractivity contribution in [3.8, 4) is 0 Å². The molecule has 1 aromatic carbocycles. The molecule has 0 bridgehead atoms. The Kier molecular flexibility index (Phi) is 5.45. The average Bonchev–Trinajstić information content (AvgIpc) is 2.93. The van der Waals surface area contributed by atoms with Gasteiger partial charge in [0.2, 0.25) is 5.91 Å². The van der Waals surface area contributed by atoms with Gasteiger partial charge in [-0.1, -0.05) is 30.3 Å². The zero-order chi connectivity index (χ0) is 18.7. The van der Waals surface area contributed by atoms with Crippen LogP contribution in [0.1, 0.15) is 45.7 Å². The van der Waals surface area contributed by atoms with Gasteiger partial charge in [0.05, 0.1) is 5.92 Å². The van der Waals surface area contributed by atoms with Gasteiger partial charge in [-0.3, -0.25) is 9.59 Å². The summed E-state index contributed by atoms with van der Waals surface area (Å²) >= 11 is 0. The van der Waals surface area contributed by atoms with Crippen molar-refractivity contribution in [3.05, 3.63) is 58.4 Å². The van der Waals surface area contributed by atoms with Crippen LogP contribution >= 0.6 is 0 Å². The number of piperidine rings is 1. The van der Waals surface area contributed by atoms with E-state index in [4.69, 9.17) is 0 Å². The minimum absolute atomic E-state index is 0.000686. The Labute approximate surface area is 154 Å². The molecule has 5 nitrogen and oxygen atoms in total. The van der Waals surface area contributed by atoms with E-state index in [1.165, 1.54) is 0 Å². The molecular formula is C21H27N3O2. The van der Waals surface area contributed by atoms with Gasteiger partial charge in [0, 0.05) is 25.3 Å². The summed E-state index contributed by atoms with van der Waals surface area (Å²) in [4.78, 5) is 30.5. The van der Waals surface area contributed by atoms with Crippen molar-refractivity contribution in [3.63, 3.8) is 0 Å². The van der Waals surface area contributed by atoms with Crippen LogP contribution in [-0.4, -0.2) is 34.8 Å². The zero-order valence-corrected chi connectivity index (χ0v) is 15.8. The number of aromatic nitrogens is 1. The van der Waals surface area contributed by atoms with Crippen molar-refractivity contribution < 1.29 is 9.59 Å². The fourth-order valence-corrected chi connectivity index (χ4v) is 3.52. The largest absolute Gasteiger partial charge is 0.354 e. The van der Waals surface area contributed by atoms with Crippen molar-refractivity contribution in [2.45, 2.75) is 40.2 Å². The van der Waals surface area contributed by atoms with Crippen LogP contribution in [0, 0.1) is 26.7 Å². The number of aromatic amines is 1. The summed E-state index contributed by atoms with van der Waals surface area (Å²) in [5, 5.41) is 3.01. The Bertz CT molecular complexity index is 795. The van der Waals surface area contributed by atoms with E-state index in [2.05, 4.69) is 10.3 Å². The number of carbonyl (C=O) groups is 2. The van der Waals surface area contributed by atoms with E-state index >= 15 is 0 Å². The van der Waals surface area contributed by atoms with E-state index < -0.39 is 0 Å². The molecule has 2 amide bonds.